The van der Waals surface area contributed by atoms with Gasteiger partial charge in [0.15, 0.2) is 0 Å². The fraction of sp³-hybridized carbons (Fsp3) is 0.250. The number of benzene rings is 3. The Hall–Kier alpha value is -3.94. The maximum Gasteiger partial charge on any atom is 0.417 e. The Morgan fingerprint density at radius 1 is 0.972 bits per heavy atom. The number of carboxylic acid groups (broad SMARTS) is 1. The summed E-state index contributed by atoms with van der Waals surface area (Å²) in [4.78, 5) is 15.6. The Balaban J connectivity index is 1.56. The molecule has 0 radical (unpaired) electrons. The summed E-state index contributed by atoms with van der Waals surface area (Å²) >= 11 is 0. The third-order valence-corrected chi connectivity index (χ3v) is 6.29. The van der Waals surface area contributed by atoms with Crippen molar-refractivity contribution in [3.05, 3.63) is 83.4 Å². The molecule has 1 aromatic heterocycles. The van der Waals surface area contributed by atoms with Crippen molar-refractivity contribution in [3.8, 4) is 34.0 Å². The number of nitrogens with zero attached hydrogens (tertiary/aromatic N) is 2. The highest BCUT2D eigenvalue weighted by atomic mass is 19.4. The van der Waals surface area contributed by atoms with Gasteiger partial charge in [-0.3, -0.25) is 4.79 Å². The van der Waals surface area contributed by atoms with Gasteiger partial charge in [-0.05, 0) is 59.7 Å². The Morgan fingerprint density at radius 2 is 1.64 bits per heavy atom. The van der Waals surface area contributed by atoms with E-state index >= 15 is 0 Å². The van der Waals surface area contributed by atoms with E-state index < -0.39 is 23.6 Å². The van der Waals surface area contributed by atoms with Gasteiger partial charge < -0.3 is 9.63 Å². The summed E-state index contributed by atoms with van der Waals surface area (Å²) in [6, 6.07) is 18.1. The van der Waals surface area contributed by atoms with Crippen molar-refractivity contribution >= 4 is 5.97 Å². The molecular formula is C28H25F3N2O3. The van der Waals surface area contributed by atoms with Crippen LogP contribution in [0.15, 0.2) is 71.3 Å². The lowest BCUT2D eigenvalue weighted by Gasteiger charge is -2.15. The molecule has 0 aliphatic heterocycles. The Bertz CT molecular complexity index is 1380. The monoisotopic (exact) mass is 494 g/mol. The lowest BCUT2D eigenvalue weighted by atomic mass is 9.91. The van der Waals surface area contributed by atoms with Crippen LogP contribution in [-0.2, 0) is 11.0 Å². The van der Waals surface area contributed by atoms with Gasteiger partial charge in [0.05, 0.1) is 11.5 Å². The molecule has 5 nitrogen and oxygen atoms in total. The number of aryl methyl sites for hydroxylation is 1. The average Bonchev–Trinajstić information content (AvgIpc) is 3.34. The molecular weight excluding hydrogens is 469 g/mol. The Morgan fingerprint density at radius 3 is 2.28 bits per heavy atom. The van der Waals surface area contributed by atoms with Gasteiger partial charge in [-0.15, -0.1) is 0 Å². The summed E-state index contributed by atoms with van der Waals surface area (Å²) in [6.07, 6.45) is -3.92. The van der Waals surface area contributed by atoms with Gasteiger partial charge in [0.25, 0.3) is 5.89 Å². The first kappa shape index (κ1) is 25.2. The molecule has 186 valence electrons. The van der Waals surface area contributed by atoms with Crippen LogP contribution >= 0.6 is 0 Å². The number of carbonyl (C=O) groups is 1. The molecule has 3 aromatic carbocycles. The summed E-state index contributed by atoms with van der Waals surface area (Å²) in [7, 11) is 0. The molecule has 8 heteroatoms. The van der Waals surface area contributed by atoms with E-state index in [1.54, 1.807) is 38.1 Å². The SMILES string of the molecule is Cc1cc(-c2nc(-c3ccc([C@H](C)C[C@@H](C)C(=O)O)cc3)no2)ccc1-c1ccccc1C(F)(F)F. The van der Waals surface area contributed by atoms with Crippen molar-refractivity contribution in [3.63, 3.8) is 0 Å². The largest absolute Gasteiger partial charge is 0.481 e. The first-order valence-electron chi connectivity index (χ1n) is 11.5. The summed E-state index contributed by atoms with van der Waals surface area (Å²) in [5.74, 6) is -0.527. The number of halogens is 3. The van der Waals surface area contributed by atoms with Crippen LogP contribution in [0, 0.1) is 12.8 Å². The number of aromatic nitrogens is 2. The topological polar surface area (TPSA) is 76.2 Å². The first-order valence-corrected chi connectivity index (χ1v) is 11.5. The van der Waals surface area contributed by atoms with E-state index in [4.69, 9.17) is 9.63 Å². The van der Waals surface area contributed by atoms with Crippen molar-refractivity contribution < 1.29 is 27.6 Å². The summed E-state index contributed by atoms with van der Waals surface area (Å²) in [6.45, 7) is 5.42. The minimum atomic E-state index is -4.45. The molecule has 0 amide bonds. The van der Waals surface area contributed by atoms with Crippen molar-refractivity contribution in [1.29, 1.82) is 0 Å². The van der Waals surface area contributed by atoms with Gasteiger partial charge in [0.1, 0.15) is 0 Å². The molecule has 36 heavy (non-hydrogen) atoms. The normalized spacial score (nSPS) is 13.4. The first-order chi connectivity index (χ1) is 17.0. The fourth-order valence-corrected chi connectivity index (χ4v) is 4.25. The fourth-order valence-electron chi connectivity index (χ4n) is 4.25. The third kappa shape index (κ3) is 5.32. The Kier molecular flexibility index (Phi) is 6.97. The smallest absolute Gasteiger partial charge is 0.417 e. The van der Waals surface area contributed by atoms with E-state index in [-0.39, 0.29) is 17.4 Å². The minimum Gasteiger partial charge on any atom is -0.481 e. The van der Waals surface area contributed by atoms with Crippen molar-refractivity contribution in [2.75, 3.05) is 0 Å². The Labute approximate surface area is 206 Å². The van der Waals surface area contributed by atoms with E-state index in [2.05, 4.69) is 10.1 Å². The number of alkyl halides is 3. The van der Waals surface area contributed by atoms with E-state index in [1.807, 2.05) is 31.2 Å². The number of carboxylic acids is 1. The number of hydrogen-bond acceptors (Lipinski definition) is 4. The number of rotatable bonds is 7. The average molecular weight is 495 g/mol. The highest BCUT2D eigenvalue weighted by Gasteiger charge is 2.33. The molecule has 0 bridgehead atoms. The van der Waals surface area contributed by atoms with Crippen molar-refractivity contribution in [1.82, 2.24) is 10.1 Å². The zero-order chi connectivity index (χ0) is 26.0. The molecule has 4 rings (SSSR count). The lowest BCUT2D eigenvalue weighted by molar-refractivity contribution is -0.141. The lowest BCUT2D eigenvalue weighted by Crippen LogP contribution is -2.12. The second-order valence-corrected chi connectivity index (χ2v) is 8.99. The van der Waals surface area contributed by atoms with E-state index in [0.29, 0.717) is 28.9 Å². The number of aliphatic carboxylic acids is 1. The van der Waals surface area contributed by atoms with E-state index in [0.717, 1.165) is 17.2 Å². The standard InChI is InChI=1S/C28H25F3N2O3/c1-16(14-18(3)27(34)35)19-8-10-20(11-9-19)25-32-26(36-33-25)21-12-13-22(17(2)15-21)23-6-4-5-7-24(23)28(29,30)31/h4-13,15-16,18H,14H2,1-3H3,(H,34,35)/t16-,18-/m1/s1. The summed E-state index contributed by atoms with van der Waals surface area (Å²) in [5.41, 5.74) is 2.92. The molecule has 0 aliphatic carbocycles. The molecule has 0 saturated heterocycles. The second kappa shape index (κ2) is 9.97. The van der Waals surface area contributed by atoms with Gasteiger partial charge in [0, 0.05) is 11.1 Å². The molecule has 0 spiro atoms. The van der Waals surface area contributed by atoms with Crippen LogP contribution in [-0.4, -0.2) is 21.2 Å². The molecule has 1 N–H and O–H groups in total. The second-order valence-electron chi connectivity index (χ2n) is 8.99. The molecule has 0 aliphatic rings. The van der Waals surface area contributed by atoms with Crippen LogP contribution < -0.4 is 0 Å². The quantitative estimate of drug-likeness (QED) is 0.286. The predicted octanol–water partition coefficient (Wildman–Crippen LogP) is 7.61. The zero-order valence-corrected chi connectivity index (χ0v) is 20.0. The number of hydrogen-bond donors (Lipinski definition) is 1. The van der Waals surface area contributed by atoms with Crippen LogP contribution in [0.1, 0.15) is 42.9 Å². The van der Waals surface area contributed by atoms with Crippen molar-refractivity contribution in [2.45, 2.75) is 39.3 Å². The molecule has 0 fully saturated rings. The van der Waals surface area contributed by atoms with Crippen LogP contribution in [0.25, 0.3) is 34.0 Å². The third-order valence-electron chi connectivity index (χ3n) is 6.29. The predicted molar refractivity (Wildman–Crippen MR) is 130 cm³/mol. The van der Waals surface area contributed by atoms with Gasteiger partial charge in [-0.2, -0.15) is 18.2 Å². The molecule has 2 atom stereocenters. The van der Waals surface area contributed by atoms with Crippen molar-refractivity contribution in [2.24, 2.45) is 5.92 Å². The van der Waals surface area contributed by atoms with Gasteiger partial charge in [-0.25, -0.2) is 0 Å². The maximum atomic E-state index is 13.5. The van der Waals surface area contributed by atoms with Gasteiger partial charge >= 0.3 is 12.1 Å². The van der Waals surface area contributed by atoms with Crippen LogP contribution in [0.2, 0.25) is 0 Å². The highest BCUT2D eigenvalue weighted by molar-refractivity contribution is 5.74. The van der Waals surface area contributed by atoms with Crippen LogP contribution in [0.5, 0.6) is 0 Å². The maximum absolute atomic E-state index is 13.5. The zero-order valence-electron chi connectivity index (χ0n) is 20.0. The minimum absolute atomic E-state index is 0.0787. The molecule has 0 unspecified atom stereocenters. The summed E-state index contributed by atoms with van der Waals surface area (Å²) in [5, 5.41) is 13.2. The molecule has 4 aromatic rings. The molecule has 0 saturated carbocycles. The molecule has 1 heterocycles. The van der Waals surface area contributed by atoms with E-state index in [1.165, 1.54) is 12.1 Å². The van der Waals surface area contributed by atoms with Gasteiger partial charge in [-0.1, -0.05) is 67.5 Å². The highest BCUT2D eigenvalue weighted by Crippen LogP contribution is 2.39. The van der Waals surface area contributed by atoms with Crippen LogP contribution in [0.3, 0.4) is 0 Å². The summed E-state index contributed by atoms with van der Waals surface area (Å²) < 4.78 is 45.9. The van der Waals surface area contributed by atoms with Crippen LogP contribution in [0.4, 0.5) is 13.2 Å². The van der Waals surface area contributed by atoms with Gasteiger partial charge in [0.2, 0.25) is 5.82 Å². The van der Waals surface area contributed by atoms with E-state index in [9.17, 15) is 18.0 Å².